The average Bonchev–Trinajstić information content (AvgIpc) is 3.21. The predicted octanol–water partition coefficient (Wildman–Crippen LogP) is 2.54. The number of halogens is 1. The van der Waals surface area contributed by atoms with E-state index >= 15 is 0 Å². The van der Waals surface area contributed by atoms with Crippen LogP contribution in [0, 0.1) is 5.41 Å². The molecule has 1 N–H and O–H groups in total. The van der Waals surface area contributed by atoms with Crippen molar-refractivity contribution >= 4 is 12.4 Å². The van der Waals surface area contributed by atoms with Gasteiger partial charge in [-0.05, 0) is 43.5 Å². The Hall–Kier alpha value is -1.30. The van der Waals surface area contributed by atoms with Crippen LogP contribution in [-0.4, -0.2) is 36.2 Å². The monoisotopic (exact) mass is 309 g/mol. The Bertz CT molecular complexity index is 576. The van der Waals surface area contributed by atoms with Gasteiger partial charge in [-0.15, -0.1) is 12.4 Å². The van der Waals surface area contributed by atoms with E-state index in [0.29, 0.717) is 11.2 Å². The summed E-state index contributed by atoms with van der Waals surface area (Å²) < 4.78 is 10.7. The third-order valence-corrected chi connectivity index (χ3v) is 4.56. The maximum absolute atomic E-state index is 5.35. The van der Waals surface area contributed by atoms with E-state index in [1.54, 1.807) is 6.26 Å². The van der Waals surface area contributed by atoms with E-state index in [1.807, 2.05) is 18.2 Å². The number of furan rings is 1. The highest BCUT2D eigenvalue weighted by Crippen LogP contribution is 2.36. The van der Waals surface area contributed by atoms with Crippen molar-refractivity contribution in [2.75, 3.05) is 26.2 Å². The minimum atomic E-state index is 0. The first-order valence-electron chi connectivity index (χ1n) is 7.26. The second-order valence-electron chi connectivity index (χ2n) is 6.05. The summed E-state index contributed by atoms with van der Waals surface area (Å²) in [4.78, 5) is 2.48. The standard InChI is InChI=1S/C15H19N3O2.ClH/c1-2-13(19-7-1)14-8-12(17-20-14)9-18-6-4-15(11-18)3-5-16-10-15;/h1-2,7-8,16H,3-6,9-11H2;1H. The van der Waals surface area contributed by atoms with Gasteiger partial charge in [-0.2, -0.15) is 0 Å². The molecule has 2 aliphatic rings. The Labute approximate surface area is 130 Å². The molecular formula is C15H20ClN3O2. The Morgan fingerprint density at radius 3 is 3.05 bits per heavy atom. The fourth-order valence-electron chi connectivity index (χ4n) is 3.46. The summed E-state index contributed by atoms with van der Waals surface area (Å²) in [5.74, 6) is 1.45. The highest BCUT2D eigenvalue weighted by Gasteiger charge is 2.40. The van der Waals surface area contributed by atoms with Gasteiger partial charge in [0.25, 0.3) is 0 Å². The van der Waals surface area contributed by atoms with Gasteiger partial charge < -0.3 is 14.3 Å². The van der Waals surface area contributed by atoms with Crippen molar-refractivity contribution in [1.82, 2.24) is 15.4 Å². The minimum Gasteiger partial charge on any atom is -0.461 e. The van der Waals surface area contributed by atoms with Crippen LogP contribution in [0.1, 0.15) is 18.5 Å². The summed E-state index contributed by atoms with van der Waals surface area (Å²) in [7, 11) is 0. The van der Waals surface area contributed by atoms with Crippen molar-refractivity contribution in [2.24, 2.45) is 5.41 Å². The molecule has 0 amide bonds. The Morgan fingerprint density at radius 1 is 1.33 bits per heavy atom. The number of aromatic nitrogens is 1. The third-order valence-electron chi connectivity index (χ3n) is 4.56. The highest BCUT2D eigenvalue weighted by atomic mass is 35.5. The van der Waals surface area contributed by atoms with Gasteiger partial charge in [0.1, 0.15) is 0 Å². The van der Waals surface area contributed by atoms with Gasteiger partial charge in [0.2, 0.25) is 5.76 Å². The van der Waals surface area contributed by atoms with Crippen molar-refractivity contribution in [3.63, 3.8) is 0 Å². The van der Waals surface area contributed by atoms with Crippen LogP contribution in [0.15, 0.2) is 33.4 Å². The molecule has 0 saturated carbocycles. The zero-order valence-electron chi connectivity index (χ0n) is 11.9. The Morgan fingerprint density at radius 2 is 2.29 bits per heavy atom. The fourth-order valence-corrected chi connectivity index (χ4v) is 3.46. The summed E-state index contributed by atoms with van der Waals surface area (Å²) >= 11 is 0. The highest BCUT2D eigenvalue weighted by molar-refractivity contribution is 5.85. The number of nitrogens with zero attached hydrogens (tertiary/aromatic N) is 2. The number of hydrogen-bond acceptors (Lipinski definition) is 5. The second kappa shape index (κ2) is 5.83. The molecule has 6 heteroatoms. The van der Waals surface area contributed by atoms with E-state index < -0.39 is 0 Å². The Balaban J connectivity index is 0.00000132. The molecule has 5 nitrogen and oxygen atoms in total. The lowest BCUT2D eigenvalue weighted by molar-refractivity contribution is 0.262. The number of likely N-dealkylation sites (tertiary alicyclic amines) is 1. The van der Waals surface area contributed by atoms with Crippen molar-refractivity contribution in [3.8, 4) is 11.5 Å². The van der Waals surface area contributed by atoms with Crippen molar-refractivity contribution in [2.45, 2.75) is 19.4 Å². The van der Waals surface area contributed by atoms with Crippen molar-refractivity contribution < 1.29 is 8.94 Å². The molecule has 114 valence electrons. The maximum Gasteiger partial charge on any atom is 0.202 e. The molecular weight excluding hydrogens is 290 g/mol. The van der Waals surface area contributed by atoms with Crippen molar-refractivity contribution in [1.29, 1.82) is 0 Å². The first-order valence-corrected chi connectivity index (χ1v) is 7.26. The van der Waals surface area contributed by atoms with E-state index in [4.69, 9.17) is 8.94 Å². The molecule has 2 aromatic heterocycles. The molecule has 1 atom stereocenters. The van der Waals surface area contributed by atoms with Crippen LogP contribution in [0.4, 0.5) is 0 Å². The van der Waals surface area contributed by atoms with E-state index in [1.165, 1.54) is 32.5 Å². The van der Waals surface area contributed by atoms with Gasteiger partial charge in [-0.1, -0.05) is 5.16 Å². The summed E-state index contributed by atoms with van der Waals surface area (Å²) in [6, 6.07) is 5.73. The Kier molecular flexibility index (Phi) is 4.06. The van der Waals surface area contributed by atoms with Crippen LogP contribution >= 0.6 is 12.4 Å². The van der Waals surface area contributed by atoms with Gasteiger partial charge in [0, 0.05) is 25.7 Å². The van der Waals surface area contributed by atoms with Crippen LogP contribution in [-0.2, 0) is 6.54 Å². The largest absolute Gasteiger partial charge is 0.461 e. The number of rotatable bonds is 3. The third kappa shape index (κ3) is 2.86. The van der Waals surface area contributed by atoms with E-state index in [9.17, 15) is 0 Å². The molecule has 21 heavy (non-hydrogen) atoms. The smallest absolute Gasteiger partial charge is 0.202 e. The topological polar surface area (TPSA) is 54.4 Å². The van der Waals surface area contributed by atoms with Gasteiger partial charge in [-0.3, -0.25) is 4.90 Å². The summed E-state index contributed by atoms with van der Waals surface area (Å²) in [6.07, 6.45) is 4.25. The molecule has 2 saturated heterocycles. The van der Waals surface area contributed by atoms with E-state index in [0.717, 1.165) is 24.5 Å². The normalized spacial score (nSPS) is 25.5. The first kappa shape index (κ1) is 14.6. The maximum atomic E-state index is 5.35. The van der Waals surface area contributed by atoms with Crippen LogP contribution in [0.5, 0.6) is 0 Å². The summed E-state index contributed by atoms with van der Waals surface area (Å²) in [5, 5.41) is 7.65. The zero-order chi connectivity index (χ0) is 13.4. The van der Waals surface area contributed by atoms with Gasteiger partial charge in [-0.25, -0.2) is 0 Å². The lowest BCUT2D eigenvalue weighted by Gasteiger charge is -2.22. The predicted molar refractivity (Wildman–Crippen MR) is 81.3 cm³/mol. The first-order chi connectivity index (χ1) is 9.83. The molecule has 0 aliphatic carbocycles. The molecule has 2 aromatic rings. The molecule has 0 radical (unpaired) electrons. The molecule has 1 unspecified atom stereocenters. The zero-order valence-corrected chi connectivity index (χ0v) is 12.7. The van der Waals surface area contributed by atoms with Crippen LogP contribution in [0.25, 0.3) is 11.5 Å². The van der Waals surface area contributed by atoms with Crippen LogP contribution < -0.4 is 5.32 Å². The van der Waals surface area contributed by atoms with Crippen LogP contribution in [0.3, 0.4) is 0 Å². The quantitative estimate of drug-likeness (QED) is 0.944. The molecule has 4 rings (SSSR count). The molecule has 1 spiro atoms. The lowest BCUT2D eigenvalue weighted by atomic mass is 9.87. The number of hydrogen-bond donors (Lipinski definition) is 1. The molecule has 4 heterocycles. The summed E-state index contributed by atoms with van der Waals surface area (Å²) in [6.45, 7) is 5.53. The SMILES string of the molecule is Cl.c1coc(-c2cc(CN3CCC4(CCNC4)C3)no2)c1. The van der Waals surface area contributed by atoms with Crippen LogP contribution in [0.2, 0.25) is 0 Å². The lowest BCUT2D eigenvalue weighted by Crippen LogP contribution is -2.29. The molecule has 0 aromatic carbocycles. The molecule has 2 fully saturated rings. The molecule has 0 bridgehead atoms. The number of nitrogens with one attached hydrogen (secondary N) is 1. The average molecular weight is 310 g/mol. The minimum absolute atomic E-state index is 0. The van der Waals surface area contributed by atoms with E-state index in [2.05, 4.69) is 15.4 Å². The van der Waals surface area contributed by atoms with Gasteiger partial charge in [0.15, 0.2) is 5.76 Å². The molecule has 2 aliphatic heterocycles. The van der Waals surface area contributed by atoms with Gasteiger partial charge >= 0.3 is 0 Å². The van der Waals surface area contributed by atoms with Crippen molar-refractivity contribution in [3.05, 3.63) is 30.2 Å². The second-order valence-corrected chi connectivity index (χ2v) is 6.05. The fraction of sp³-hybridized carbons (Fsp3) is 0.533. The van der Waals surface area contributed by atoms with Gasteiger partial charge in [0.05, 0.1) is 12.0 Å². The van der Waals surface area contributed by atoms with E-state index in [-0.39, 0.29) is 12.4 Å². The summed E-state index contributed by atoms with van der Waals surface area (Å²) in [5.41, 5.74) is 1.49.